The number of hydrogen-bond acceptors (Lipinski definition) is 3. The Bertz CT molecular complexity index is 960. The van der Waals surface area contributed by atoms with Crippen molar-refractivity contribution < 1.29 is 9.18 Å². The minimum Gasteiger partial charge on any atom is -0.368 e. The van der Waals surface area contributed by atoms with Crippen molar-refractivity contribution in [2.45, 2.75) is 19.8 Å². The number of carbonyl (C=O) groups excluding carboxylic acids is 1. The average molecular weight is 392 g/mol. The minimum atomic E-state index is -0.237. The molecule has 3 aromatic rings. The number of carbonyl (C=O) groups is 1. The summed E-state index contributed by atoms with van der Waals surface area (Å²) in [6, 6.07) is 18.4. The molecule has 0 N–H and O–H groups in total. The number of hydrogen-bond donors (Lipinski definition) is 0. The molecule has 6 heteroatoms. The summed E-state index contributed by atoms with van der Waals surface area (Å²) in [6.07, 6.45) is 1.86. The first-order chi connectivity index (χ1) is 14.2. The molecule has 4 rings (SSSR count). The van der Waals surface area contributed by atoms with Crippen molar-refractivity contribution in [2.24, 2.45) is 0 Å². The van der Waals surface area contributed by atoms with E-state index in [1.54, 1.807) is 12.1 Å². The van der Waals surface area contributed by atoms with Crippen LogP contribution in [0.25, 0.3) is 5.69 Å². The lowest BCUT2D eigenvalue weighted by Gasteiger charge is -2.35. The van der Waals surface area contributed by atoms with Crippen LogP contribution in [-0.4, -0.2) is 46.8 Å². The smallest absolute Gasteiger partial charge is 0.274 e. The molecule has 1 aliphatic heterocycles. The molecular formula is C23H25FN4O. The Labute approximate surface area is 170 Å². The third-order valence-electron chi connectivity index (χ3n) is 5.27. The number of benzene rings is 2. The number of rotatable bonds is 5. The lowest BCUT2D eigenvalue weighted by atomic mass is 10.2. The van der Waals surface area contributed by atoms with E-state index >= 15 is 0 Å². The maximum Gasteiger partial charge on any atom is 0.274 e. The van der Waals surface area contributed by atoms with Crippen LogP contribution in [0, 0.1) is 5.82 Å². The van der Waals surface area contributed by atoms with Gasteiger partial charge in [0.1, 0.15) is 5.82 Å². The number of halogens is 1. The largest absolute Gasteiger partial charge is 0.368 e. The van der Waals surface area contributed by atoms with Gasteiger partial charge in [0.15, 0.2) is 5.69 Å². The molecule has 0 unspecified atom stereocenters. The summed E-state index contributed by atoms with van der Waals surface area (Å²) < 4.78 is 15.0. The Morgan fingerprint density at radius 1 is 0.966 bits per heavy atom. The molecule has 150 valence electrons. The number of anilines is 1. The van der Waals surface area contributed by atoms with Gasteiger partial charge >= 0.3 is 0 Å². The van der Waals surface area contributed by atoms with E-state index in [0.717, 1.165) is 43.0 Å². The minimum absolute atomic E-state index is 0.0317. The van der Waals surface area contributed by atoms with Gasteiger partial charge in [-0.3, -0.25) is 4.79 Å². The van der Waals surface area contributed by atoms with E-state index < -0.39 is 0 Å². The summed E-state index contributed by atoms with van der Waals surface area (Å²) in [4.78, 5) is 17.1. The monoisotopic (exact) mass is 392 g/mol. The highest BCUT2D eigenvalue weighted by atomic mass is 19.1. The number of amides is 1. The first-order valence-electron chi connectivity index (χ1n) is 10.1. The van der Waals surface area contributed by atoms with Crippen molar-refractivity contribution in [2.75, 3.05) is 31.1 Å². The third-order valence-corrected chi connectivity index (χ3v) is 5.27. The standard InChI is InChI=1S/C23H25FN4O/c1-2-6-21-17-22(25-28(21)20-7-4-3-5-8-20)23(29)27-15-13-26(14-16-27)19-11-9-18(24)10-12-19/h3-5,7-12,17H,2,6,13-16H2,1H3. The molecule has 2 aromatic carbocycles. The van der Waals surface area contributed by atoms with Crippen LogP contribution < -0.4 is 4.90 Å². The molecule has 2 heterocycles. The Morgan fingerprint density at radius 3 is 2.31 bits per heavy atom. The first kappa shape index (κ1) is 19.2. The van der Waals surface area contributed by atoms with Gasteiger partial charge in [-0.1, -0.05) is 31.5 Å². The molecule has 1 amide bonds. The van der Waals surface area contributed by atoms with E-state index in [1.165, 1.54) is 12.1 Å². The maximum atomic E-state index is 13.1. The average Bonchev–Trinajstić information content (AvgIpc) is 3.19. The fraction of sp³-hybridized carbons (Fsp3) is 0.304. The zero-order valence-electron chi connectivity index (χ0n) is 16.6. The van der Waals surface area contributed by atoms with Crippen LogP contribution >= 0.6 is 0 Å². The van der Waals surface area contributed by atoms with Gasteiger partial charge in [0.25, 0.3) is 5.91 Å². The van der Waals surface area contributed by atoms with Gasteiger partial charge in [0.05, 0.1) is 5.69 Å². The molecule has 0 saturated carbocycles. The second kappa shape index (κ2) is 8.47. The zero-order chi connectivity index (χ0) is 20.2. The molecule has 0 spiro atoms. The number of aryl methyl sites for hydroxylation is 1. The second-order valence-corrected chi connectivity index (χ2v) is 7.27. The van der Waals surface area contributed by atoms with Crippen LogP contribution in [0.2, 0.25) is 0 Å². The van der Waals surface area contributed by atoms with Crippen molar-refractivity contribution in [1.29, 1.82) is 0 Å². The van der Waals surface area contributed by atoms with Crippen LogP contribution in [-0.2, 0) is 6.42 Å². The number of piperazine rings is 1. The van der Waals surface area contributed by atoms with E-state index in [-0.39, 0.29) is 11.7 Å². The zero-order valence-corrected chi connectivity index (χ0v) is 16.6. The molecule has 29 heavy (non-hydrogen) atoms. The van der Waals surface area contributed by atoms with Crippen LogP contribution in [0.3, 0.4) is 0 Å². The van der Waals surface area contributed by atoms with Crippen LogP contribution in [0.5, 0.6) is 0 Å². The molecule has 0 atom stereocenters. The molecule has 1 aromatic heterocycles. The summed E-state index contributed by atoms with van der Waals surface area (Å²) in [7, 11) is 0. The summed E-state index contributed by atoms with van der Waals surface area (Å²) in [6.45, 7) is 4.81. The van der Waals surface area contributed by atoms with Crippen LogP contribution in [0.4, 0.5) is 10.1 Å². The van der Waals surface area contributed by atoms with E-state index in [9.17, 15) is 9.18 Å². The molecule has 0 bridgehead atoms. The predicted molar refractivity (Wildman–Crippen MR) is 112 cm³/mol. The summed E-state index contributed by atoms with van der Waals surface area (Å²) in [5.74, 6) is -0.268. The number of nitrogens with zero attached hydrogens (tertiary/aromatic N) is 4. The van der Waals surface area contributed by atoms with Crippen molar-refractivity contribution in [1.82, 2.24) is 14.7 Å². The lowest BCUT2D eigenvalue weighted by molar-refractivity contribution is 0.0740. The topological polar surface area (TPSA) is 41.4 Å². The van der Waals surface area contributed by atoms with Crippen molar-refractivity contribution >= 4 is 11.6 Å². The van der Waals surface area contributed by atoms with Crippen LogP contribution in [0.15, 0.2) is 60.7 Å². The maximum absolute atomic E-state index is 13.1. The molecule has 1 fully saturated rings. The number of para-hydroxylation sites is 1. The van der Waals surface area contributed by atoms with Gasteiger partial charge in [-0.25, -0.2) is 9.07 Å². The fourth-order valence-electron chi connectivity index (χ4n) is 3.73. The van der Waals surface area contributed by atoms with Gasteiger partial charge in [0.2, 0.25) is 0 Å². The van der Waals surface area contributed by atoms with E-state index in [2.05, 4.69) is 16.9 Å². The van der Waals surface area contributed by atoms with E-state index in [4.69, 9.17) is 0 Å². The Balaban J connectivity index is 1.48. The van der Waals surface area contributed by atoms with Gasteiger partial charge in [-0.15, -0.1) is 0 Å². The Hall–Kier alpha value is -3.15. The highest BCUT2D eigenvalue weighted by molar-refractivity contribution is 5.92. The third kappa shape index (κ3) is 4.16. The molecule has 1 saturated heterocycles. The molecule has 0 radical (unpaired) electrons. The van der Waals surface area contributed by atoms with Gasteiger partial charge in [-0.05, 0) is 48.9 Å². The Morgan fingerprint density at radius 2 is 1.66 bits per heavy atom. The van der Waals surface area contributed by atoms with Gasteiger partial charge in [-0.2, -0.15) is 5.10 Å². The normalized spacial score (nSPS) is 14.3. The van der Waals surface area contributed by atoms with Crippen molar-refractivity contribution in [3.63, 3.8) is 0 Å². The summed E-state index contributed by atoms with van der Waals surface area (Å²) in [5.41, 5.74) is 3.49. The first-order valence-corrected chi connectivity index (χ1v) is 10.1. The SMILES string of the molecule is CCCc1cc(C(=O)N2CCN(c3ccc(F)cc3)CC2)nn1-c1ccccc1. The van der Waals surface area contributed by atoms with E-state index in [1.807, 2.05) is 46.0 Å². The quantitative estimate of drug-likeness (QED) is 0.661. The Kier molecular flexibility index (Phi) is 5.60. The van der Waals surface area contributed by atoms with Gasteiger partial charge in [0, 0.05) is 37.6 Å². The number of aromatic nitrogens is 2. The highest BCUT2D eigenvalue weighted by Crippen LogP contribution is 2.19. The summed E-state index contributed by atoms with van der Waals surface area (Å²) >= 11 is 0. The molecule has 0 aliphatic carbocycles. The summed E-state index contributed by atoms with van der Waals surface area (Å²) in [5, 5.41) is 4.63. The van der Waals surface area contributed by atoms with Crippen molar-refractivity contribution in [3.8, 4) is 5.69 Å². The predicted octanol–water partition coefficient (Wildman–Crippen LogP) is 3.93. The van der Waals surface area contributed by atoms with Gasteiger partial charge < -0.3 is 9.80 Å². The lowest BCUT2D eigenvalue weighted by Crippen LogP contribution is -2.48. The molecule has 1 aliphatic rings. The van der Waals surface area contributed by atoms with Crippen molar-refractivity contribution in [3.05, 3.63) is 77.9 Å². The van der Waals surface area contributed by atoms with E-state index in [0.29, 0.717) is 18.8 Å². The highest BCUT2D eigenvalue weighted by Gasteiger charge is 2.25. The molecule has 5 nitrogen and oxygen atoms in total. The second-order valence-electron chi connectivity index (χ2n) is 7.27. The fourth-order valence-corrected chi connectivity index (χ4v) is 3.73. The van der Waals surface area contributed by atoms with Crippen LogP contribution in [0.1, 0.15) is 29.5 Å². The molecular weight excluding hydrogens is 367 g/mol.